The van der Waals surface area contributed by atoms with Gasteiger partial charge in [0.15, 0.2) is 5.82 Å². The van der Waals surface area contributed by atoms with Gasteiger partial charge >= 0.3 is 6.18 Å². The number of alkyl halides is 3. The number of halogens is 3. The molecule has 4 aromatic heterocycles. The Morgan fingerprint density at radius 2 is 1.89 bits per heavy atom. The Morgan fingerprint density at radius 3 is 2.67 bits per heavy atom. The molecule has 0 radical (unpaired) electrons. The highest BCUT2D eigenvalue weighted by atomic mass is 19.4. The molecular formula is C18H13F3N6. The monoisotopic (exact) mass is 370 g/mol. The van der Waals surface area contributed by atoms with Crippen molar-refractivity contribution in [3.63, 3.8) is 0 Å². The molecule has 4 rings (SSSR count). The largest absolute Gasteiger partial charge is 0.433 e. The number of rotatable bonds is 3. The van der Waals surface area contributed by atoms with Gasteiger partial charge in [-0.2, -0.15) is 13.2 Å². The number of anilines is 2. The van der Waals surface area contributed by atoms with Crippen LogP contribution in [-0.2, 0) is 6.18 Å². The fourth-order valence-electron chi connectivity index (χ4n) is 2.61. The standard InChI is InChI=1S/C18H13F3N6/c1-10-9-22-7-6-12(10)25-16-11-5-8-23-15(11)26-17(27-16)13-3-2-4-14(24-13)18(19,20)21/h2-9H,1H3,(H2,22,23,25,26,27). The molecular weight excluding hydrogens is 357 g/mol. The van der Waals surface area contributed by atoms with Crippen molar-refractivity contribution < 1.29 is 13.2 Å². The molecule has 0 atom stereocenters. The summed E-state index contributed by atoms with van der Waals surface area (Å²) in [6.45, 7) is 1.89. The van der Waals surface area contributed by atoms with Gasteiger partial charge in [0.2, 0.25) is 0 Å². The van der Waals surface area contributed by atoms with Crippen molar-refractivity contribution >= 4 is 22.5 Å². The molecule has 0 saturated heterocycles. The second-order valence-electron chi connectivity index (χ2n) is 5.86. The SMILES string of the molecule is Cc1cnccc1Nc1nc(-c2cccc(C(F)(F)F)n2)nc2[nH]ccc12. The van der Waals surface area contributed by atoms with Gasteiger partial charge in [-0.15, -0.1) is 0 Å². The molecule has 0 bridgehead atoms. The van der Waals surface area contributed by atoms with E-state index >= 15 is 0 Å². The van der Waals surface area contributed by atoms with E-state index in [9.17, 15) is 13.2 Å². The van der Waals surface area contributed by atoms with E-state index in [1.165, 1.54) is 12.1 Å². The van der Waals surface area contributed by atoms with Crippen molar-refractivity contribution in [2.45, 2.75) is 13.1 Å². The summed E-state index contributed by atoms with van der Waals surface area (Å²) >= 11 is 0. The van der Waals surface area contributed by atoms with Crippen molar-refractivity contribution in [1.82, 2.24) is 24.9 Å². The Bertz CT molecular complexity index is 1120. The second-order valence-corrected chi connectivity index (χ2v) is 5.86. The lowest BCUT2D eigenvalue weighted by molar-refractivity contribution is -0.141. The van der Waals surface area contributed by atoms with Gasteiger partial charge in [-0.25, -0.2) is 15.0 Å². The summed E-state index contributed by atoms with van der Waals surface area (Å²) in [6, 6.07) is 7.22. The predicted octanol–water partition coefficient (Wildman–Crippen LogP) is 4.49. The molecule has 0 aliphatic rings. The zero-order valence-electron chi connectivity index (χ0n) is 14.0. The summed E-state index contributed by atoms with van der Waals surface area (Å²) in [7, 11) is 0. The first kappa shape index (κ1) is 17.0. The normalized spacial score (nSPS) is 11.7. The molecule has 27 heavy (non-hydrogen) atoms. The van der Waals surface area contributed by atoms with Crippen LogP contribution in [0.4, 0.5) is 24.7 Å². The van der Waals surface area contributed by atoms with Crippen LogP contribution >= 0.6 is 0 Å². The van der Waals surface area contributed by atoms with Crippen LogP contribution in [0.1, 0.15) is 11.3 Å². The molecule has 0 saturated carbocycles. The van der Waals surface area contributed by atoms with Gasteiger partial charge in [-0.3, -0.25) is 4.98 Å². The quantitative estimate of drug-likeness (QED) is 0.556. The van der Waals surface area contributed by atoms with E-state index in [2.05, 4.69) is 30.2 Å². The number of nitrogens with one attached hydrogen (secondary N) is 2. The number of nitrogens with zero attached hydrogens (tertiary/aromatic N) is 4. The summed E-state index contributed by atoms with van der Waals surface area (Å²) in [5.74, 6) is 0.551. The highest BCUT2D eigenvalue weighted by molar-refractivity contribution is 5.90. The number of pyridine rings is 2. The third-order valence-corrected chi connectivity index (χ3v) is 3.96. The molecule has 0 amide bonds. The Labute approximate surface area is 151 Å². The fraction of sp³-hybridized carbons (Fsp3) is 0.111. The average Bonchev–Trinajstić information content (AvgIpc) is 3.12. The number of hydrogen-bond donors (Lipinski definition) is 2. The number of aryl methyl sites for hydroxylation is 1. The van der Waals surface area contributed by atoms with Crippen LogP contribution in [0.15, 0.2) is 48.9 Å². The smallest absolute Gasteiger partial charge is 0.346 e. The topological polar surface area (TPSA) is 79.4 Å². The summed E-state index contributed by atoms with van der Waals surface area (Å²) in [5, 5.41) is 3.91. The van der Waals surface area contributed by atoms with Crippen LogP contribution in [0.5, 0.6) is 0 Å². The van der Waals surface area contributed by atoms with Crippen LogP contribution in [0, 0.1) is 6.92 Å². The van der Waals surface area contributed by atoms with Gasteiger partial charge in [-0.1, -0.05) is 6.07 Å². The number of aromatic nitrogens is 5. The molecule has 9 heteroatoms. The van der Waals surface area contributed by atoms with Crippen molar-refractivity contribution in [3.05, 3.63) is 60.2 Å². The summed E-state index contributed by atoms with van der Waals surface area (Å²) < 4.78 is 38.9. The molecule has 0 unspecified atom stereocenters. The zero-order chi connectivity index (χ0) is 19.0. The molecule has 0 aromatic carbocycles. The first-order valence-electron chi connectivity index (χ1n) is 7.99. The van der Waals surface area contributed by atoms with E-state index in [1.54, 1.807) is 30.7 Å². The predicted molar refractivity (Wildman–Crippen MR) is 94.4 cm³/mol. The molecule has 136 valence electrons. The van der Waals surface area contributed by atoms with Crippen molar-refractivity contribution in [1.29, 1.82) is 0 Å². The highest BCUT2D eigenvalue weighted by Gasteiger charge is 2.32. The maximum absolute atomic E-state index is 13.0. The number of fused-ring (bicyclic) bond motifs is 1. The lowest BCUT2D eigenvalue weighted by Gasteiger charge is -2.11. The third-order valence-electron chi connectivity index (χ3n) is 3.96. The zero-order valence-corrected chi connectivity index (χ0v) is 14.0. The Hall–Kier alpha value is -3.49. The van der Waals surface area contributed by atoms with Crippen molar-refractivity contribution in [2.24, 2.45) is 0 Å². The van der Waals surface area contributed by atoms with Gasteiger partial charge in [0.05, 0.1) is 5.39 Å². The molecule has 0 fully saturated rings. The molecule has 0 aliphatic heterocycles. The number of hydrogen-bond acceptors (Lipinski definition) is 5. The molecule has 4 heterocycles. The maximum Gasteiger partial charge on any atom is 0.433 e. The van der Waals surface area contributed by atoms with Gasteiger partial charge in [0.1, 0.15) is 22.9 Å². The minimum absolute atomic E-state index is 0.0378. The highest BCUT2D eigenvalue weighted by Crippen LogP contribution is 2.30. The van der Waals surface area contributed by atoms with Gasteiger partial charge in [0.25, 0.3) is 0 Å². The van der Waals surface area contributed by atoms with E-state index in [-0.39, 0.29) is 11.5 Å². The lowest BCUT2D eigenvalue weighted by Crippen LogP contribution is -2.09. The van der Waals surface area contributed by atoms with Crippen LogP contribution in [0.3, 0.4) is 0 Å². The minimum Gasteiger partial charge on any atom is -0.346 e. The van der Waals surface area contributed by atoms with Crippen LogP contribution in [0.2, 0.25) is 0 Å². The Balaban J connectivity index is 1.83. The van der Waals surface area contributed by atoms with Crippen molar-refractivity contribution in [2.75, 3.05) is 5.32 Å². The first-order chi connectivity index (χ1) is 12.9. The molecule has 0 spiro atoms. The van der Waals surface area contributed by atoms with Gasteiger partial charge < -0.3 is 10.3 Å². The van der Waals surface area contributed by atoms with Crippen molar-refractivity contribution in [3.8, 4) is 11.5 Å². The second kappa shape index (κ2) is 6.35. The van der Waals surface area contributed by atoms with E-state index in [0.717, 1.165) is 17.3 Å². The Morgan fingerprint density at radius 1 is 1.04 bits per heavy atom. The van der Waals surface area contributed by atoms with E-state index in [0.29, 0.717) is 16.9 Å². The van der Waals surface area contributed by atoms with E-state index < -0.39 is 11.9 Å². The number of aromatic amines is 1. The van der Waals surface area contributed by atoms with Crippen LogP contribution < -0.4 is 5.32 Å². The summed E-state index contributed by atoms with van der Waals surface area (Å²) in [5.41, 5.74) is 1.23. The first-order valence-corrected chi connectivity index (χ1v) is 7.99. The van der Waals surface area contributed by atoms with Gasteiger partial charge in [-0.05, 0) is 36.8 Å². The van der Waals surface area contributed by atoms with Gasteiger partial charge in [0, 0.05) is 24.3 Å². The number of H-pyrrole nitrogens is 1. The van der Waals surface area contributed by atoms with Crippen LogP contribution in [0.25, 0.3) is 22.6 Å². The third kappa shape index (κ3) is 3.31. The fourth-order valence-corrected chi connectivity index (χ4v) is 2.61. The average molecular weight is 370 g/mol. The minimum atomic E-state index is -4.54. The van der Waals surface area contributed by atoms with E-state index in [1.807, 2.05) is 6.92 Å². The molecule has 2 N–H and O–H groups in total. The molecule has 6 nitrogen and oxygen atoms in total. The van der Waals surface area contributed by atoms with E-state index in [4.69, 9.17) is 0 Å². The molecule has 0 aliphatic carbocycles. The molecule has 4 aromatic rings. The lowest BCUT2D eigenvalue weighted by atomic mass is 10.2. The summed E-state index contributed by atoms with van der Waals surface area (Å²) in [4.78, 5) is 19.4. The van der Waals surface area contributed by atoms with Crippen LogP contribution in [-0.4, -0.2) is 24.9 Å². The maximum atomic E-state index is 13.0. The Kier molecular flexibility index (Phi) is 3.98. The summed E-state index contributed by atoms with van der Waals surface area (Å²) in [6.07, 6.45) is 0.488.